The van der Waals surface area contributed by atoms with Crippen molar-refractivity contribution in [3.05, 3.63) is 44.4 Å². The van der Waals surface area contributed by atoms with Gasteiger partial charge in [-0.2, -0.15) is 0 Å². The summed E-state index contributed by atoms with van der Waals surface area (Å²) < 4.78 is 0. The Morgan fingerprint density at radius 1 is 0.667 bits per heavy atom. The van der Waals surface area contributed by atoms with Crippen LogP contribution in [-0.2, 0) is 0 Å². The number of hydrogen-bond donors (Lipinski definition) is 0. The third-order valence-corrected chi connectivity index (χ3v) is 2.91. The van der Waals surface area contributed by atoms with Crippen molar-refractivity contribution in [3.8, 4) is 0 Å². The number of allylic oxidation sites excluding steroid dienone is 8. The molecule has 0 spiro atoms. The zero-order valence-electron chi connectivity index (χ0n) is 5.82. The predicted octanol–water partition coefficient (Wildman–Crippen LogP) is 4.49. The van der Waals surface area contributed by atoms with Gasteiger partial charge in [0.05, 0.1) is 20.1 Å². The Balaban J connectivity index is 3.18. The molecule has 0 aromatic heterocycles. The lowest BCUT2D eigenvalue weighted by Crippen LogP contribution is -1.82. The molecule has 0 bridgehead atoms. The highest BCUT2D eigenvalue weighted by atomic mass is 35.5. The molecule has 0 aliphatic heterocycles. The summed E-state index contributed by atoms with van der Waals surface area (Å²) in [5.41, 5.74) is 0. The molecule has 12 heavy (non-hydrogen) atoms. The van der Waals surface area contributed by atoms with Crippen molar-refractivity contribution in [2.24, 2.45) is 0 Å². The largest absolute Gasteiger partial charge is 0.0827 e. The second-order valence-electron chi connectivity index (χ2n) is 2.04. The third kappa shape index (κ3) is 2.30. The minimum atomic E-state index is 0.268. The van der Waals surface area contributed by atoms with Crippen LogP contribution in [0.3, 0.4) is 0 Å². The van der Waals surface area contributed by atoms with Crippen molar-refractivity contribution in [2.45, 2.75) is 0 Å². The van der Waals surface area contributed by atoms with Gasteiger partial charge in [-0.1, -0.05) is 58.6 Å². The summed E-state index contributed by atoms with van der Waals surface area (Å²) in [5, 5.41) is 1.29. The average Bonchev–Trinajstić information content (AvgIpc) is 2.07. The lowest BCUT2D eigenvalue weighted by atomic mass is 10.3. The third-order valence-electron chi connectivity index (χ3n) is 1.21. The molecule has 0 amide bonds. The molecule has 0 saturated heterocycles. The minimum Gasteiger partial charge on any atom is -0.0827 e. The van der Waals surface area contributed by atoms with Gasteiger partial charge in [0.2, 0.25) is 0 Å². The summed E-state index contributed by atoms with van der Waals surface area (Å²) in [6.07, 6.45) is 6.76. The average molecular weight is 242 g/mol. The first kappa shape index (κ1) is 10.2. The highest BCUT2D eigenvalue weighted by Gasteiger charge is 2.09. The van der Waals surface area contributed by atoms with Gasteiger partial charge in [0.25, 0.3) is 0 Å². The van der Waals surface area contributed by atoms with E-state index in [1.165, 1.54) is 0 Å². The lowest BCUT2D eigenvalue weighted by molar-refractivity contribution is 1.66. The Hall–Kier alpha value is 0.120. The number of hydrogen-bond acceptors (Lipinski definition) is 0. The molecule has 4 heteroatoms. The van der Waals surface area contributed by atoms with Gasteiger partial charge in [0.15, 0.2) is 0 Å². The van der Waals surface area contributed by atoms with Crippen molar-refractivity contribution in [2.75, 3.05) is 0 Å². The van der Waals surface area contributed by atoms with E-state index in [4.69, 9.17) is 46.4 Å². The van der Waals surface area contributed by atoms with Gasteiger partial charge in [-0.3, -0.25) is 0 Å². The fourth-order valence-corrected chi connectivity index (χ4v) is 1.40. The Morgan fingerprint density at radius 3 is 1.33 bits per heavy atom. The molecule has 0 saturated carbocycles. The van der Waals surface area contributed by atoms with Gasteiger partial charge < -0.3 is 0 Å². The molecule has 0 atom stereocenters. The molecule has 0 unspecified atom stereocenters. The van der Waals surface area contributed by atoms with Gasteiger partial charge in [0.1, 0.15) is 0 Å². The number of rotatable bonds is 0. The Morgan fingerprint density at radius 2 is 1.00 bits per heavy atom. The molecule has 0 nitrogen and oxygen atoms in total. The van der Waals surface area contributed by atoms with Crippen LogP contribution in [0.25, 0.3) is 0 Å². The summed E-state index contributed by atoms with van der Waals surface area (Å²) in [6, 6.07) is 0. The minimum absolute atomic E-state index is 0.268. The molecule has 0 heterocycles. The molecular formula is C8H4Cl4. The molecule has 0 fully saturated rings. The van der Waals surface area contributed by atoms with Crippen molar-refractivity contribution >= 4 is 46.4 Å². The summed E-state index contributed by atoms with van der Waals surface area (Å²) in [5.74, 6) is 0. The quantitative estimate of drug-likeness (QED) is 0.586. The fourth-order valence-electron chi connectivity index (χ4n) is 0.636. The maximum Gasteiger partial charge on any atom is 0.0793 e. The van der Waals surface area contributed by atoms with Crippen LogP contribution in [0.4, 0.5) is 0 Å². The van der Waals surface area contributed by atoms with Gasteiger partial charge in [-0.25, -0.2) is 0 Å². The summed E-state index contributed by atoms with van der Waals surface area (Å²) in [4.78, 5) is 0. The van der Waals surface area contributed by atoms with E-state index in [0.29, 0.717) is 10.1 Å². The van der Waals surface area contributed by atoms with Crippen LogP contribution in [0.15, 0.2) is 44.4 Å². The topological polar surface area (TPSA) is 0 Å². The highest BCUT2D eigenvalue weighted by molar-refractivity contribution is 6.52. The van der Waals surface area contributed by atoms with Crippen LogP contribution in [-0.4, -0.2) is 0 Å². The zero-order valence-corrected chi connectivity index (χ0v) is 8.84. The van der Waals surface area contributed by atoms with Gasteiger partial charge in [0, 0.05) is 0 Å². The second-order valence-corrected chi connectivity index (χ2v) is 3.61. The van der Waals surface area contributed by atoms with Crippen molar-refractivity contribution in [1.29, 1.82) is 0 Å². The highest BCUT2D eigenvalue weighted by Crippen LogP contribution is 2.32. The van der Waals surface area contributed by atoms with E-state index in [-0.39, 0.29) is 10.1 Å². The normalized spacial score (nSPS) is 18.3. The molecule has 1 aliphatic rings. The van der Waals surface area contributed by atoms with E-state index in [1.54, 1.807) is 24.3 Å². The van der Waals surface area contributed by atoms with Crippen molar-refractivity contribution in [3.63, 3.8) is 0 Å². The zero-order chi connectivity index (χ0) is 9.14. The Bertz CT molecular complexity index is 277. The van der Waals surface area contributed by atoms with E-state index in [1.807, 2.05) is 0 Å². The first-order valence-corrected chi connectivity index (χ1v) is 4.60. The molecule has 64 valence electrons. The van der Waals surface area contributed by atoms with Crippen LogP contribution in [0, 0.1) is 0 Å². The summed E-state index contributed by atoms with van der Waals surface area (Å²) in [6.45, 7) is 0. The second kappa shape index (κ2) is 4.38. The monoisotopic (exact) mass is 240 g/mol. The Kier molecular flexibility index (Phi) is 3.73. The van der Waals surface area contributed by atoms with E-state index in [9.17, 15) is 0 Å². The fraction of sp³-hybridized carbons (Fsp3) is 0. The van der Waals surface area contributed by atoms with E-state index in [2.05, 4.69) is 0 Å². The van der Waals surface area contributed by atoms with Gasteiger partial charge >= 0.3 is 0 Å². The van der Waals surface area contributed by atoms with Gasteiger partial charge in [-0.15, -0.1) is 0 Å². The maximum absolute atomic E-state index is 5.78. The standard InChI is InChI=1S/C8H4Cl4/c9-5-3-1-2-4-6(10)8(12)7(5)11/h1-4H. The summed E-state index contributed by atoms with van der Waals surface area (Å²) >= 11 is 23.1. The molecule has 0 radical (unpaired) electrons. The molecule has 0 aromatic carbocycles. The van der Waals surface area contributed by atoms with Crippen molar-refractivity contribution < 1.29 is 0 Å². The van der Waals surface area contributed by atoms with Crippen LogP contribution in [0.2, 0.25) is 0 Å². The maximum atomic E-state index is 5.78. The predicted molar refractivity (Wildman–Crippen MR) is 55.7 cm³/mol. The van der Waals surface area contributed by atoms with Crippen LogP contribution < -0.4 is 0 Å². The van der Waals surface area contributed by atoms with Crippen LogP contribution >= 0.6 is 46.4 Å². The molecule has 0 aromatic rings. The molecule has 1 aliphatic carbocycles. The lowest BCUT2D eigenvalue weighted by Gasteiger charge is -2.02. The SMILES string of the molecule is ClC1=CC=CC=C(Cl)C(Cl)=C1Cl. The van der Waals surface area contributed by atoms with E-state index in [0.717, 1.165) is 0 Å². The van der Waals surface area contributed by atoms with Gasteiger partial charge in [-0.05, 0) is 12.2 Å². The molecule has 1 rings (SSSR count). The smallest absolute Gasteiger partial charge is 0.0793 e. The first-order valence-electron chi connectivity index (χ1n) is 3.08. The van der Waals surface area contributed by atoms with E-state index >= 15 is 0 Å². The molecular weight excluding hydrogens is 238 g/mol. The van der Waals surface area contributed by atoms with Crippen LogP contribution in [0.5, 0.6) is 0 Å². The van der Waals surface area contributed by atoms with E-state index < -0.39 is 0 Å². The molecule has 0 N–H and O–H groups in total. The Labute approximate surface area is 90.7 Å². The first-order chi connectivity index (χ1) is 5.63. The number of halogens is 4. The van der Waals surface area contributed by atoms with Crippen molar-refractivity contribution in [1.82, 2.24) is 0 Å². The van der Waals surface area contributed by atoms with Crippen LogP contribution in [0.1, 0.15) is 0 Å². The summed E-state index contributed by atoms with van der Waals surface area (Å²) in [7, 11) is 0.